The molecule has 0 aromatic heterocycles. The van der Waals surface area contributed by atoms with Gasteiger partial charge in [-0.25, -0.2) is 12.8 Å². The Morgan fingerprint density at radius 2 is 1.91 bits per heavy atom. The number of anilines is 1. The predicted molar refractivity (Wildman–Crippen MR) is 126 cm³/mol. The molecule has 33 heavy (non-hydrogen) atoms. The van der Waals surface area contributed by atoms with Crippen molar-refractivity contribution in [3.8, 4) is 0 Å². The van der Waals surface area contributed by atoms with Crippen LogP contribution in [-0.2, 0) is 19.5 Å². The molecule has 2 aliphatic rings. The van der Waals surface area contributed by atoms with Gasteiger partial charge in [0.05, 0.1) is 23.2 Å². The standard InChI is InChI=1S/C23H35FN4O4S/c1-4-27(5-2)23(29)17-26-12-10-19(11-13-26)32-25-18-8-14-28(15-9-18)22-7-6-20(16-21(22)24)33(3,30)31/h6-8,16,19,25H,4-5,9-15,17H2,1-3H3. The normalized spacial score (nSPS) is 18.2. The van der Waals surface area contributed by atoms with E-state index in [2.05, 4.69) is 10.4 Å². The number of carbonyl (C=O) groups excluding carboxylic acids is 1. The molecule has 0 aliphatic carbocycles. The van der Waals surface area contributed by atoms with Crippen LogP contribution in [0.1, 0.15) is 33.1 Å². The second-order valence-electron chi connectivity index (χ2n) is 8.57. The molecule has 0 unspecified atom stereocenters. The van der Waals surface area contributed by atoms with Gasteiger partial charge in [-0.15, -0.1) is 0 Å². The van der Waals surface area contributed by atoms with Crippen molar-refractivity contribution in [2.75, 3.05) is 57.0 Å². The van der Waals surface area contributed by atoms with Gasteiger partial charge in [0.1, 0.15) is 5.82 Å². The molecule has 1 fully saturated rings. The summed E-state index contributed by atoms with van der Waals surface area (Å²) in [6.07, 6.45) is 5.50. The molecular formula is C23H35FN4O4S. The molecule has 8 nitrogen and oxygen atoms in total. The van der Waals surface area contributed by atoms with Gasteiger partial charge >= 0.3 is 0 Å². The van der Waals surface area contributed by atoms with Gasteiger partial charge in [0.2, 0.25) is 5.91 Å². The fraction of sp³-hybridized carbons (Fsp3) is 0.609. The minimum absolute atomic E-state index is 0.0180. The van der Waals surface area contributed by atoms with E-state index in [0.29, 0.717) is 31.7 Å². The first kappa shape index (κ1) is 25.5. The highest BCUT2D eigenvalue weighted by atomic mass is 32.2. The Hall–Kier alpha value is -2.17. The minimum Gasteiger partial charge on any atom is -0.365 e. The van der Waals surface area contributed by atoms with Crippen LogP contribution in [0.4, 0.5) is 10.1 Å². The third-order valence-electron chi connectivity index (χ3n) is 6.26. The highest BCUT2D eigenvalue weighted by Gasteiger charge is 2.24. The van der Waals surface area contributed by atoms with E-state index in [1.54, 1.807) is 0 Å². The lowest BCUT2D eigenvalue weighted by Crippen LogP contribution is -2.45. The number of carbonyl (C=O) groups is 1. The molecule has 184 valence electrons. The largest absolute Gasteiger partial charge is 0.365 e. The van der Waals surface area contributed by atoms with Gasteiger partial charge in [0.15, 0.2) is 9.84 Å². The second kappa shape index (κ2) is 11.3. The van der Waals surface area contributed by atoms with Crippen molar-refractivity contribution in [3.63, 3.8) is 0 Å². The van der Waals surface area contributed by atoms with E-state index >= 15 is 0 Å². The Bertz CT molecular complexity index is 957. The van der Waals surface area contributed by atoms with Gasteiger partial charge in [-0.3, -0.25) is 20.0 Å². The van der Waals surface area contributed by atoms with Crippen molar-refractivity contribution in [1.82, 2.24) is 15.3 Å². The summed E-state index contributed by atoms with van der Waals surface area (Å²) in [7, 11) is -3.43. The summed E-state index contributed by atoms with van der Waals surface area (Å²) in [4.78, 5) is 24.1. The van der Waals surface area contributed by atoms with Crippen molar-refractivity contribution >= 4 is 21.4 Å². The SMILES string of the molecule is CCN(CC)C(=O)CN1CCC(ONC2=CCN(c3ccc(S(C)(=O)=O)cc3F)CC2)CC1. The number of rotatable bonds is 9. The fourth-order valence-corrected chi connectivity index (χ4v) is 4.80. The summed E-state index contributed by atoms with van der Waals surface area (Å²) in [5.74, 6) is -0.359. The number of piperidine rings is 1. The molecule has 1 N–H and O–H groups in total. The number of nitrogens with one attached hydrogen (secondary N) is 1. The molecule has 10 heteroatoms. The third kappa shape index (κ3) is 6.91. The van der Waals surface area contributed by atoms with Crippen LogP contribution >= 0.6 is 0 Å². The molecule has 0 radical (unpaired) electrons. The van der Waals surface area contributed by atoms with Crippen molar-refractivity contribution in [1.29, 1.82) is 0 Å². The maximum atomic E-state index is 14.5. The number of hydrogen-bond donors (Lipinski definition) is 1. The maximum absolute atomic E-state index is 14.5. The second-order valence-corrected chi connectivity index (χ2v) is 10.6. The molecule has 1 amide bonds. The Balaban J connectivity index is 1.43. The lowest BCUT2D eigenvalue weighted by molar-refractivity contribution is -0.133. The molecule has 0 bridgehead atoms. The Morgan fingerprint density at radius 3 is 2.45 bits per heavy atom. The number of likely N-dealkylation sites (tertiary alicyclic amines) is 1. The molecule has 2 aliphatic heterocycles. The summed E-state index contributed by atoms with van der Waals surface area (Å²) >= 11 is 0. The van der Waals surface area contributed by atoms with Gasteiger partial charge in [-0.2, -0.15) is 0 Å². The van der Waals surface area contributed by atoms with Gasteiger partial charge < -0.3 is 9.80 Å². The van der Waals surface area contributed by atoms with E-state index in [1.165, 1.54) is 12.1 Å². The van der Waals surface area contributed by atoms with E-state index in [0.717, 1.165) is 57.0 Å². The number of benzene rings is 1. The Labute approximate surface area is 196 Å². The minimum atomic E-state index is -3.43. The first-order valence-corrected chi connectivity index (χ1v) is 13.5. The number of hydrogen-bond acceptors (Lipinski definition) is 7. The fourth-order valence-electron chi connectivity index (χ4n) is 4.17. The molecule has 0 saturated carbocycles. The first-order valence-electron chi connectivity index (χ1n) is 11.6. The van der Waals surface area contributed by atoms with Crippen LogP contribution in [-0.4, -0.2) is 82.3 Å². The number of sulfone groups is 1. The Kier molecular flexibility index (Phi) is 8.72. The van der Waals surface area contributed by atoms with Crippen molar-refractivity contribution in [2.45, 2.75) is 44.1 Å². The summed E-state index contributed by atoms with van der Waals surface area (Å²) in [5, 5.41) is 0. The highest BCUT2D eigenvalue weighted by Crippen LogP contribution is 2.25. The Morgan fingerprint density at radius 1 is 1.21 bits per heavy atom. The summed E-state index contributed by atoms with van der Waals surface area (Å²) in [6.45, 7) is 8.70. The van der Waals surface area contributed by atoms with Crippen molar-refractivity contribution < 1.29 is 22.4 Å². The smallest absolute Gasteiger partial charge is 0.236 e. The van der Waals surface area contributed by atoms with Gasteiger partial charge in [-0.05, 0) is 51.0 Å². The van der Waals surface area contributed by atoms with Gasteiger partial charge in [-0.1, -0.05) is 0 Å². The summed E-state index contributed by atoms with van der Waals surface area (Å²) in [6, 6.07) is 4.04. The van der Waals surface area contributed by atoms with E-state index in [-0.39, 0.29) is 16.9 Å². The molecule has 3 rings (SSSR count). The zero-order valence-electron chi connectivity index (χ0n) is 19.7. The van der Waals surface area contributed by atoms with Crippen LogP contribution in [0, 0.1) is 5.82 Å². The molecule has 0 atom stereocenters. The quantitative estimate of drug-likeness (QED) is 0.540. The van der Waals surface area contributed by atoms with Crippen LogP contribution in [0.3, 0.4) is 0 Å². The van der Waals surface area contributed by atoms with Crippen molar-refractivity contribution in [2.24, 2.45) is 0 Å². The topological polar surface area (TPSA) is 82.2 Å². The molecule has 1 aromatic rings. The van der Waals surface area contributed by atoms with Crippen molar-refractivity contribution in [3.05, 3.63) is 35.8 Å². The first-order chi connectivity index (χ1) is 15.7. The van der Waals surface area contributed by atoms with Crippen LogP contribution in [0.15, 0.2) is 34.9 Å². The van der Waals surface area contributed by atoms with Crippen LogP contribution in [0.5, 0.6) is 0 Å². The van der Waals surface area contributed by atoms with Crippen LogP contribution < -0.4 is 10.4 Å². The average Bonchev–Trinajstić information content (AvgIpc) is 2.79. The predicted octanol–water partition coefficient (Wildman–Crippen LogP) is 2.18. The molecule has 1 saturated heterocycles. The molecular weight excluding hydrogens is 447 g/mol. The zero-order valence-corrected chi connectivity index (χ0v) is 20.5. The summed E-state index contributed by atoms with van der Waals surface area (Å²) < 4.78 is 37.7. The molecule has 2 heterocycles. The molecule has 1 aromatic carbocycles. The van der Waals surface area contributed by atoms with Crippen LogP contribution in [0.25, 0.3) is 0 Å². The number of hydroxylamine groups is 1. The highest BCUT2D eigenvalue weighted by molar-refractivity contribution is 7.90. The number of likely N-dealkylation sites (N-methyl/N-ethyl adjacent to an activating group) is 1. The van der Waals surface area contributed by atoms with Gasteiger partial charge in [0, 0.05) is 57.6 Å². The van der Waals surface area contributed by atoms with Gasteiger partial charge in [0.25, 0.3) is 0 Å². The lowest BCUT2D eigenvalue weighted by atomic mass is 10.1. The number of amides is 1. The van der Waals surface area contributed by atoms with E-state index in [9.17, 15) is 17.6 Å². The van der Waals surface area contributed by atoms with E-state index < -0.39 is 15.7 Å². The summed E-state index contributed by atoms with van der Waals surface area (Å²) in [5.41, 5.74) is 4.42. The molecule has 0 spiro atoms. The van der Waals surface area contributed by atoms with Crippen LogP contribution in [0.2, 0.25) is 0 Å². The average molecular weight is 483 g/mol. The van der Waals surface area contributed by atoms with E-state index in [1.807, 2.05) is 29.7 Å². The number of halogens is 1. The maximum Gasteiger partial charge on any atom is 0.236 e. The monoisotopic (exact) mass is 482 g/mol. The van der Waals surface area contributed by atoms with E-state index in [4.69, 9.17) is 4.84 Å². The third-order valence-corrected chi connectivity index (χ3v) is 7.37. The lowest BCUT2D eigenvalue weighted by Gasteiger charge is -2.33. The zero-order chi connectivity index (χ0) is 24.0. The number of nitrogens with zero attached hydrogens (tertiary/aromatic N) is 3.